The third-order valence-electron chi connectivity index (χ3n) is 5.88. The fourth-order valence-electron chi connectivity index (χ4n) is 4.21. The molecular formula is C15H22O3. The van der Waals surface area contributed by atoms with Crippen LogP contribution in [0.5, 0.6) is 0 Å². The number of carbonyl (C=O) groups is 1. The largest absolute Gasteiger partial charge is 0.454 e. The minimum Gasteiger partial charge on any atom is -0.454 e. The minimum atomic E-state index is -0.663. The van der Waals surface area contributed by atoms with Crippen LogP contribution >= 0.6 is 0 Å². The Morgan fingerprint density at radius 1 is 1.44 bits per heavy atom. The lowest BCUT2D eigenvalue weighted by Gasteiger charge is -2.56. The van der Waals surface area contributed by atoms with Crippen LogP contribution in [-0.4, -0.2) is 22.8 Å². The maximum Gasteiger partial charge on any atom is 0.334 e. The summed E-state index contributed by atoms with van der Waals surface area (Å²) in [5, 5.41) is 11.0. The van der Waals surface area contributed by atoms with Crippen LogP contribution in [0.1, 0.15) is 52.9 Å². The molecular weight excluding hydrogens is 228 g/mol. The summed E-state index contributed by atoms with van der Waals surface area (Å²) in [4.78, 5) is 11.7. The van der Waals surface area contributed by atoms with Crippen LogP contribution in [-0.2, 0) is 9.53 Å². The van der Waals surface area contributed by atoms with Crippen molar-refractivity contribution in [3.63, 3.8) is 0 Å². The number of rotatable bonds is 0. The molecule has 1 N–H and O–H groups in total. The number of esters is 1. The van der Waals surface area contributed by atoms with Crippen molar-refractivity contribution in [1.29, 1.82) is 0 Å². The van der Waals surface area contributed by atoms with Crippen molar-refractivity contribution >= 4 is 5.97 Å². The lowest BCUT2D eigenvalue weighted by Crippen LogP contribution is -2.57. The molecule has 2 saturated carbocycles. The average Bonchev–Trinajstić information content (AvgIpc) is 2.55. The highest BCUT2D eigenvalue weighted by Crippen LogP contribution is 2.58. The Morgan fingerprint density at radius 2 is 2.17 bits per heavy atom. The lowest BCUT2D eigenvalue weighted by molar-refractivity contribution is -0.172. The molecule has 1 aliphatic heterocycles. The standard InChI is InChI=1S/C15H22O3/c1-9-5-4-6-15(17)8-12-11(7-14(9,15)3)10(2)13(16)18-12/h9,12,17H,4-8H2,1-3H3. The molecule has 0 spiro atoms. The van der Waals surface area contributed by atoms with Crippen LogP contribution in [0.3, 0.4) is 0 Å². The van der Waals surface area contributed by atoms with Gasteiger partial charge in [0, 0.05) is 17.4 Å². The molecule has 2 fully saturated rings. The highest BCUT2D eigenvalue weighted by Gasteiger charge is 2.58. The van der Waals surface area contributed by atoms with Gasteiger partial charge < -0.3 is 9.84 Å². The van der Waals surface area contributed by atoms with Gasteiger partial charge in [0.2, 0.25) is 0 Å². The lowest BCUT2D eigenvalue weighted by atomic mass is 9.52. The minimum absolute atomic E-state index is 0.105. The van der Waals surface area contributed by atoms with E-state index in [-0.39, 0.29) is 17.5 Å². The van der Waals surface area contributed by atoms with Crippen LogP contribution in [0.4, 0.5) is 0 Å². The molecule has 0 aromatic rings. The van der Waals surface area contributed by atoms with E-state index in [2.05, 4.69) is 13.8 Å². The zero-order valence-electron chi connectivity index (χ0n) is 11.5. The number of ether oxygens (including phenoxy) is 1. The fraction of sp³-hybridized carbons (Fsp3) is 0.800. The van der Waals surface area contributed by atoms with E-state index in [0.29, 0.717) is 12.3 Å². The summed E-state index contributed by atoms with van der Waals surface area (Å²) < 4.78 is 5.40. The quantitative estimate of drug-likeness (QED) is 0.672. The van der Waals surface area contributed by atoms with Crippen LogP contribution in [0.25, 0.3) is 0 Å². The Kier molecular flexibility index (Phi) is 2.44. The third kappa shape index (κ3) is 1.37. The van der Waals surface area contributed by atoms with Crippen LogP contribution in [0.2, 0.25) is 0 Å². The van der Waals surface area contributed by atoms with Crippen LogP contribution in [0, 0.1) is 11.3 Å². The number of hydrogen-bond acceptors (Lipinski definition) is 3. The maximum atomic E-state index is 11.7. The Morgan fingerprint density at radius 3 is 2.89 bits per heavy atom. The number of fused-ring (bicyclic) bond motifs is 2. The van der Waals surface area contributed by atoms with Crippen molar-refractivity contribution in [3.05, 3.63) is 11.1 Å². The van der Waals surface area contributed by atoms with Gasteiger partial charge in [-0.1, -0.05) is 20.3 Å². The van der Waals surface area contributed by atoms with E-state index in [1.807, 2.05) is 6.92 Å². The summed E-state index contributed by atoms with van der Waals surface area (Å²) in [6, 6.07) is 0. The van der Waals surface area contributed by atoms with Gasteiger partial charge in [-0.15, -0.1) is 0 Å². The molecule has 4 atom stereocenters. The molecule has 3 rings (SSSR count). The second-order valence-electron chi connectivity index (χ2n) is 6.67. The fourth-order valence-corrected chi connectivity index (χ4v) is 4.21. The first-order chi connectivity index (χ1) is 8.37. The summed E-state index contributed by atoms with van der Waals surface area (Å²) >= 11 is 0. The monoisotopic (exact) mass is 250 g/mol. The summed E-state index contributed by atoms with van der Waals surface area (Å²) in [7, 11) is 0. The van der Waals surface area contributed by atoms with E-state index in [1.54, 1.807) is 0 Å². The first-order valence-electron chi connectivity index (χ1n) is 7.00. The van der Waals surface area contributed by atoms with E-state index in [4.69, 9.17) is 4.74 Å². The van der Waals surface area contributed by atoms with E-state index < -0.39 is 5.60 Å². The molecule has 2 aliphatic carbocycles. The molecule has 0 aromatic carbocycles. The third-order valence-corrected chi connectivity index (χ3v) is 5.88. The van der Waals surface area contributed by atoms with Gasteiger partial charge in [-0.2, -0.15) is 0 Å². The van der Waals surface area contributed by atoms with Crippen molar-refractivity contribution in [1.82, 2.24) is 0 Å². The predicted molar refractivity (Wildman–Crippen MR) is 67.9 cm³/mol. The molecule has 0 bridgehead atoms. The van der Waals surface area contributed by atoms with Crippen molar-refractivity contribution < 1.29 is 14.6 Å². The zero-order valence-corrected chi connectivity index (χ0v) is 11.5. The Bertz CT molecular complexity index is 439. The molecule has 18 heavy (non-hydrogen) atoms. The normalized spacial score (nSPS) is 47.7. The van der Waals surface area contributed by atoms with Gasteiger partial charge in [0.15, 0.2) is 0 Å². The van der Waals surface area contributed by atoms with E-state index >= 15 is 0 Å². The molecule has 0 radical (unpaired) electrons. The SMILES string of the molecule is CC1=C2CC3(C)C(C)CCCC3(O)CC2OC1=O. The Labute approximate surface area is 108 Å². The number of hydrogen-bond donors (Lipinski definition) is 1. The molecule has 3 nitrogen and oxygen atoms in total. The molecule has 100 valence electrons. The first-order valence-corrected chi connectivity index (χ1v) is 7.00. The van der Waals surface area contributed by atoms with Crippen molar-refractivity contribution in [2.45, 2.75) is 64.6 Å². The van der Waals surface area contributed by atoms with Gasteiger partial charge >= 0.3 is 5.97 Å². The number of aliphatic hydroxyl groups is 1. The molecule has 0 saturated heterocycles. The van der Waals surface area contributed by atoms with Gasteiger partial charge in [0.25, 0.3) is 0 Å². The molecule has 3 heteroatoms. The van der Waals surface area contributed by atoms with Gasteiger partial charge in [0.05, 0.1) is 5.60 Å². The van der Waals surface area contributed by atoms with Gasteiger partial charge in [-0.25, -0.2) is 4.79 Å². The van der Waals surface area contributed by atoms with Crippen LogP contribution in [0.15, 0.2) is 11.1 Å². The molecule has 3 aliphatic rings. The topological polar surface area (TPSA) is 46.5 Å². The van der Waals surface area contributed by atoms with Crippen molar-refractivity contribution in [2.75, 3.05) is 0 Å². The summed E-state index contributed by atoms with van der Waals surface area (Å²) in [6.07, 6.45) is 4.32. The zero-order chi connectivity index (χ0) is 13.1. The van der Waals surface area contributed by atoms with E-state index in [1.165, 1.54) is 6.42 Å². The number of carbonyl (C=O) groups excluding carboxylic acids is 1. The smallest absolute Gasteiger partial charge is 0.334 e. The molecule has 1 heterocycles. The van der Waals surface area contributed by atoms with Gasteiger partial charge in [0.1, 0.15) is 6.10 Å². The van der Waals surface area contributed by atoms with Gasteiger partial charge in [-0.3, -0.25) is 0 Å². The molecule has 4 unspecified atom stereocenters. The van der Waals surface area contributed by atoms with Crippen LogP contribution < -0.4 is 0 Å². The average molecular weight is 250 g/mol. The second-order valence-corrected chi connectivity index (χ2v) is 6.67. The van der Waals surface area contributed by atoms with E-state index in [0.717, 1.165) is 30.4 Å². The van der Waals surface area contributed by atoms with Gasteiger partial charge in [-0.05, 0) is 37.7 Å². The maximum absolute atomic E-state index is 11.7. The predicted octanol–water partition coefficient (Wildman–Crippen LogP) is 2.58. The molecule has 0 aromatic heterocycles. The second kappa shape index (κ2) is 3.60. The summed E-state index contributed by atoms with van der Waals surface area (Å²) in [5.41, 5.74) is 1.15. The summed E-state index contributed by atoms with van der Waals surface area (Å²) in [6.45, 7) is 6.28. The highest BCUT2D eigenvalue weighted by molar-refractivity contribution is 5.91. The highest BCUT2D eigenvalue weighted by atomic mass is 16.5. The summed E-state index contributed by atoms with van der Waals surface area (Å²) in [5.74, 6) is 0.307. The van der Waals surface area contributed by atoms with Crippen molar-refractivity contribution in [3.8, 4) is 0 Å². The van der Waals surface area contributed by atoms with E-state index in [9.17, 15) is 9.90 Å². The molecule has 0 amide bonds. The Hall–Kier alpha value is -0.830. The Balaban J connectivity index is 2.03. The first kappa shape index (κ1) is 12.2. The van der Waals surface area contributed by atoms with Crippen molar-refractivity contribution in [2.24, 2.45) is 11.3 Å².